The summed E-state index contributed by atoms with van der Waals surface area (Å²) in [7, 11) is 0. The minimum Gasteiger partial charge on any atom is -0.325 e. The summed E-state index contributed by atoms with van der Waals surface area (Å²) in [6.45, 7) is 4.07. The fourth-order valence-electron chi connectivity index (χ4n) is 3.08. The molecule has 0 aliphatic rings. The fraction of sp³-hybridized carbons (Fsp3) is 0.174. The lowest BCUT2D eigenvalue weighted by Gasteiger charge is -2.10. The predicted molar refractivity (Wildman–Crippen MR) is 124 cm³/mol. The summed E-state index contributed by atoms with van der Waals surface area (Å²) in [6.07, 6.45) is 0.703. The highest BCUT2D eigenvalue weighted by atomic mass is 32.2. The molecule has 30 heavy (non-hydrogen) atoms. The third-order valence-corrected chi connectivity index (χ3v) is 6.34. The molecule has 1 N–H and O–H groups in total. The van der Waals surface area contributed by atoms with Crippen LogP contribution in [0.15, 0.2) is 71.2 Å². The molecule has 5 nitrogen and oxygen atoms in total. The lowest BCUT2D eigenvalue weighted by Crippen LogP contribution is -2.14. The van der Waals surface area contributed by atoms with E-state index >= 15 is 0 Å². The van der Waals surface area contributed by atoms with Gasteiger partial charge >= 0.3 is 0 Å². The van der Waals surface area contributed by atoms with Crippen LogP contribution in [-0.2, 0) is 11.2 Å². The quantitative estimate of drug-likeness (QED) is 0.403. The second-order valence-corrected chi connectivity index (χ2v) is 9.01. The highest BCUT2D eigenvalue weighted by Crippen LogP contribution is 2.25. The largest absolute Gasteiger partial charge is 0.325 e. The number of hydrogen-bond acceptors (Lipinski definition) is 5. The molecule has 152 valence electrons. The molecule has 0 unspecified atom stereocenters. The van der Waals surface area contributed by atoms with E-state index < -0.39 is 0 Å². The standard InChI is InChI=1S/C23H22N4OS2/c1-16-8-10-19(11-9-16)27-21(14-20-7-4-12-29-20)25-26-23(27)30-15-22(28)24-18-6-3-5-17(2)13-18/h3-13H,14-15H2,1-2H3,(H,24,28). The van der Waals surface area contributed by atoms with Crippen molar-refractivity contribution in [3.63, 3.8) is 0 Å². The Kier molecular flexibility index (Phi) is 6.30. The molecule has 0 saturated heterocycles. The molecule has 4 rings (SSSR count). The molecule has 0 radical (unpaired) electrons. The Morgan fingerprint density at radius 2 is 1.87 bits per heavy atom. The molecule has 0 atom stereocenters. The normalized spacial score (nSPS) is 10.9. The number of hydrogen-bond donors (Lipinski definition) is 1. The number of aromatic nitrogens is 3. The molecular weight excluding hydrogens is 412 g/mol. The monoisotopic (exact) mass is 434 g/mol. The van der Waals surface area contributed by atoms with Crippen molar-refractivity contribution in [2.24, 2.45) is 0 Å². The van der Waals surface area contributed by atoms with E-state index in [9.17, 15) is 4.79 Å². The minimum absolute atomic E-state index is 0.0659. The SMILES string of the molecule is Cc1ccc(-n2c(Cc3cccs3)nnc2SCC(=O)Nc2cccc(C)c2)cc1. The van der Waals surface area contributed by atoms with Gasteiger partial charge in [-0.2, -0.15) is 0 Å². The van der Waals surface area contributed by atoms with Gasteiger partial charge in [-0.05, 0) is 55.1 Å². The third-order valence-electron chi connectivity index (χ3n) is 4.54. The Morgan fingerprint density at radius 3 is 2.60 bits per heavy atom. The molecule has 2 heterocycles. The zero-order valence-corrected chi connectivity index (χ0v) is 18.5. The molecule has 0 spiro atoms. The number of aryl methyl sites for hydroxylation is 2. The van der Waals surface area contributed by atoms with Crippen molar-refractivity contribution in [1.82, 2.24) is 14.8 Å². The van der Waals surface area contributed by atoms with Crippen LogP contribution in [0.3, 0.4) is 0 Å². The number of carbonyl (C=O) groups is 1. The number of thiophene rings is 1. The van der Waals surface area contributed by atoms with Gasteiger partial charge in [0.25, 0.3) is 0 Å². The first kappa shape index (κ1) is 20.4. The van der Waals surface area contributed by atoms with Gasteiger partial charge in [-0.3, -0.25) is 9.36 Å². The van der Waals surface area contributed by atoms with Crippen molar-refractivity contribution in [3.8, 4) is 5.69 Å². The number of nitrogens with one attached hydrogen (secondary N) is 1. The zero-order chi connectivity index (χ0) is 20.9. The van der Waals surface area contributed by atoms with Gasteiger partial charge in [0.05, 0.1) is 5.75 Å². The molecule has 1 amide bonds. The number of benzene rings is 2. The summed E-state index contributed by atoms with van der Waals surface area (Å²) in [5.74, 6) is 1.06. The van der Waals surface area contributed by atoms with Crippen molar-refractivity contribution in [3.05, 3.63) is 87.9 Å². The van der Waals surface area contributed by atoms with Gasteiger partial charge in [0, 0.05) is 22.7 Å². The smallest absolute Gasteiger partial charge is 0.234 e. The van der Waals surface area contributed by atoms with Crippen molar-refractivity contribution >= 4 is 34.7 Å². The van der Waals surface area contributed by atoms with Gasteiger partial charge < -0.3 is 5.32 Å². The molecular formula is C23H22N4OS2. The van der Waals surface area contributed by atoms with E-state index in [0.29, 0.717) is 11.6 Å². The molecule has 0 bridgehead atoms. The van der Waals surface area contributed by atoms with Crippen molar-refractivity contribution < 1.29 is 4.79 Å². The number of anilines is 1. The summed E-state index contributed by atoms with van der Waals surface area (Å²) in [6, 6.07) is 20.2. The summed E-state index contributed by atoms with van der Waals surface area (Å²) < 4.78 is 2.05. The van der Waals surface area contributed by atoms with Crippen LogP contribution in [0.25, 0.3) is 5.69 Å². The highest BCUT2D eigenvalue weighted by molar-refractivity contribution is 7.99. The number of thioether (sulfide) groups is 1. The van der Waals surface area contributed by atoms with E-state index in [1.807, 2.05) is 41.8 Å². The number of carbonyl (C=O) groups excluding carboxylic acids is 1. The Balaban J connectivity index is 1.54. The number of rotatable bonds is 7. The van der Waals surface area contributed by atoms with Crippen LogP contribution in [0.5, 0.6) is 0 Å². The van der Waals surface area contributed by atoms with Crippen molar-refractivity contribution in [2.45, 2.75) is 25.4 Å². The van der Waals surface area contributed by atoms with E-state index in [2.05, 4.69) is 58.1 Å². The van der Waals surface area contributed by atoms with E-state index in [1.165, 1.54) is 22.2 Å². The average molecular weight is 435 g/mol. The molecule has 2 aromatic heterocycles. The van der Waals surface area contributed by atoms with Crippen LogP contribution >= 0.6 is 23.1 Å². The maximum Gasteiger partial charge on any atom is 0.234 e. The van der Waals surface area contributed by atoms with Gasteiger partial charge in [-0.25, -0.2) is 0 Å². The topological polar surface area (TPSA) is 59.8 Å². The first-order chi connectivity index (χ1) is 14.6. The highest BCUT2D eigenvalue weighted by Gasteiger charge is 2.17. The average Bonchev–Trinajstić information content (AvgIpc) is 3.37. The Hall–Kier alpha value is -2.90. The van der Waals surface area contributed by atoms with Gasteiger partial charge in [0.15, 0.2) is 5.16 Å². The van der Waals surface area contributed by atoms with Gasteiger partial charge in [-0.15, -0.1) is 21.5 Å². The van der Waals surface area contributed by atoms with Crippen LogP contribution in [0.1, 0.15) is 21.8 Å². The van der Waals surface area contributed by atoms with Crippen molar-refractivity contribution in [1.29, 1.82) is 0 Å². The summed E-state index contributed by atoms with van der Waals surface area (Å²) in [5, 5.41) is 14.5. The summed E-state index contributed by atoms with van der Waals surface area (Å²) in [4.78, 5) is 13.7. The minimum atomic E-state index is -0.0659. The van der Waals surface area contributed by atoms with Gasteiger partial charge in [-0.1, -0.05) is 47.7 Å². The zero-order valence-electron chi connectivity index (χ0n) is 16.8. The van der Waals surface area contributed by atoms with Crippen LogP contribution < -0.4 is 5.32 Å². The van der Waals surface area contributed by atoms with E-state index in [0.717, 1.165) is 22.8 Å². The number of amides is 1. The van der Waals surface area contributed by atoms with Crippen LogP contribution in [0.4, 0.5) is 5.69 Å². The number of nitrogens with zero attached hydrogens (tertiary/aromatic N) is 3. The van der Waals surface area contributed by atoms with Crippen molar-refractivity contribution in [2.75, 3.05) is 11.1 Å². The first-order valence-electron chi connectivity index (χ1n) is 9.61. The third kappa shape index (κ3) is 4.98. The van der Waals surface area contributed by atoms with Crippen LogP contribution in [0.2, 0.25) is 0 Å². The molecule has 4 aromatic rings. The van der Waals surface area contributed by atoms with Crippen LogP contribution in [-0.4, -0.2) is 26.4 Å². The molecule has 0 aliphatic heterocycles. The Labute approximate surface area is 184 Å². The summed E-state index contributed by atoms with van der Waals surface area (Å²) in [5.41, 5.74) is 4.11. The van der Waals surface area contributed by atoms with Gasteiger partial charge in [0.2, 0.25) is 5.91 Å². The lowest BCUT2D eigenvalue weighted by atomic mass is 10.2. The predicted octanol–water partition coefficient (Wildman–Crippen LogP) is 5.27. The molecule has 2 aromatic carbocycles. The first-order valence-corrected chi connectivity index (χ1v) is 11.5. The summed E-state index contributed by atoms with van der Waals surface area (Å²) >= 11 is 3.09. The van der Waals surface area contributed by atoms with E-state index in [1.54, 1.807) is 11.3 Å². The van der Waals surface area contributed by atoms with Gasteiger partial charge in [0.1, 0.15) is 5.82 Å². The van der Waals surface area contributed by atoms with E-state index in [-0.39, 0.29) is 11.7 Å². The maximum absolute atomic E-state index is 12.5. The second kappa shape index (κ2) is 9.28. The Morgan fingerprint density at radius 1 is 1.03 bits per heavy atom. The molecule has 0 fully saturated rings. The fourth-order valence-corrected chi connectivity index (χ4v) is 4.55. The lowest BCUT2D eigenvalue weighted by molar-refractivity contribution is -0.113. The maximum atomic E-state index is 12.5. The van der Waals surface area contributed by atoms with E-state index in [4.69, 9.17) is 0 Å². The molecule has 7 heteroatoms. The molecule has 0 saturated carbocycles. The Bertz CT molecular complexity index is 1130. The second-order valence-electron chi connectivity index (χ2n) is 7.03. The molecule has 0 aliphatic carbocycles. The van der Waals surface area contributed by atoms with Crippen LogP contribution in [0, 0.1) is 13.8 Å².